The smallest absolute Gasteiger partial charge is 0.254 e. The van der Waals surface area contributed by atoms with E-state index in [0.717, 1.165) is 51.4 Å². The maximum absolute atomic E-state index is 13.0. The maximum atomic E-state index is 13.0. The third kappa shape index (κ3) is 4.30. The molecule has 4 aromatic rings. The number of aromatic nitrogens is 4. The van der Waals surface area contributed by atoms with Crippen LogP contribution in [0.1, 0.15) is 35.2 Å². The van der Waals surface area contributed by atoms with Crippen molar-refractivity contribution in [3.63, 3.8) is 0 Å². The van der Waals surface area contributed by atoms with Crippen LogP contribution in [0.5, 0.6) is 0 Å². The lowest BCUT2D eigenvalue weighted by atomic mass is 10.1. The number of piperazine rings is 1. The number of anilines is 1. The Morgan fingerprint density at radius 1 is 1.00 bits per heavy atom. The Kier molecular flexibility index (Phi) is 6.32. The molecule has 7 nitrogen and oxygen atoms in total. The molecular formula is C26H27BrN6O. The maximum Gasteiger partial charge on any atom is 0.254 e. The Morgan fingerprint density at radius 3 is 2.47 bits per heavy atom. The number of benzene rings is 2. The van der Waals surface area contributed by atoms with Crippen molar-refractivity contribution in [2.45, 2.75) is 26.7 Å². The average molecular weight is 519 g/mol. The van der Waals surface area contributed by atoms with Gasteiger partial charge in [-0.15, -0.1) is 0 Å². The van der Waals surface area contributed by atoms with Crippen LogP contribution in [0.25, 0.3) is 16.7 Å². The lowest BCUT2D eigenvalue weighted by Crippen LogP contribution is -2.49. The van der Waals surface area contributed by atoms with Crippen molar-refractivity contribution in [3.05, 3.63) is 76.2 Å². The first-order valence-corrected chi connectivity index (χ1v) is 12.5. The van der Waals surface area contributed by atoms with Crippen molar-refractivity contribution >= 4 is 38.7 Å². The molecule has 1 amide bonds. The fourth-order valence-electron chi connectivity index (χ4n) is 4.44. The van der Waals surface area contributed by atoms with Gasteiger partial charge in [0.05, 0.1) is 16.8 Å². The zero-order valence-electron chi connectivity index (χ0n) is 19.4. The fraction of sp³-hybridized carbons (Fsp3) is 0.308. The summed E-state index contributed by atoms with van der Waals surface area (Å²) in [5.41, 5.74) is 3.43. The summed E-state index contributed by atoms with van der Waals surface area (Å²) in [6, 6.07) is 17.7. The summed E-state index contributed by atoms with van der Waals surface area (Å²) >= 11 is 3.46. The molecule has 1 fully saturated rings. The van der Waals surface area contributed by atoms with E-state index in [9.17, 15) is 4.79 Å². The highest BCUT2D eigenvalue weighted by Crippen LogP contribution is 2.30. The summed E-state index contributed by atoms with van der Waals surface area (Å²) < 4.78 is 2.83. The third-order valence-corrected chi connectivity index (χ3v) is 6.64. The number of carbonyl (C=O) groups is 1. The van der Waals surface area contributed by atoms with Gasteiger partial charge in [-0.1, -0.05) is 47.1 Å². The average Bonchev–Trinajstić information content (AvgIpc) is 3.20. The predicted molar refractivity (Wildman–Crippen MR) is 138 cm³/mol. The molecule has 2 aromatic heterocycles. The van der Waals surface area contributed by atoms with Crippen molar-refractivity contribution < 1.29 is 4.79 Å². The number of carbonyl (C=O) groups excluding carboxylic acids is 1. The number of amides is 1. The number of halogens is 1. The van der Waals surface area contributed by atoms with E-state index in [1.54, 1.807) is 0 Å². The molecule has 34 heavy (non-hydrogen) atoms. The van der Waals surface area contributed by atoms with Crippen LogP contribution in [-0.2, 0) is 6.42 Å². The molecule has 1 aliphatic rings. The molecule has 174 valence electrons. The van der Waals surface area contributed by atoms with Gasteiger partial charge in [-0.05, 0) is 43.7 Å². The molecule has 0 radical (unpaired) electrons. The second-order valence-corrected chi connectivity index (χ2v) is 9.45. The van der Waals surface area contributed by atoms with Crippen molar-refractivity contribution in [2.75, 3.05) is 31.1 Å². The van der Waals surface area contributed by atoms with Crippen LogP contribution in [0.3, 0.4) is 0 Å². The van der Waals surface area contributed by atoms with Crippen LogP contribution >= 0.6 is 15.9 Å². The fourth-order valence-corrected chi connectivity index (χ4v) is 4.84. The number of fused-ring (bicyclic) bond motifs is 1. The molecule has 1 aliphatic heterocycles. The van der Waals surface area contributed by atoms with Gasteiger partial charge in [0.1, 0.15) is 11.6 Å². The first kappa shape index (κ1) is 22.5. The molecule has 0 aliphatic carbocycles. The third-order valence-electron chi connectivity index (χ3n) is 6.14. The number of aryl methyl sites for hydroxylation is 2. The van der Waals surface area contributed by atoms with E-state index >= 15 is 0 Å². The van der Waals surface area contributed by atoms with E-state index in [-0.39, 0.29) is 5.91 Å². The van der Waals surface area contributed by atoms with Crippen LogP contribution in [0.2, 0.25) is 0 Å². The lowest BCUT2D eigenvalue weighted by Gasteiger charge is -2.36. The van der Waals surface area contributed by atoms with Crippen LogP contribution < -0.4 is 4.90 Å². The van der Waals surface area contributed by atoms with Crippen molar-refractivity contribution in [1.29, 1.82) is 0 Å². The lowest BCUT2D eigenvalue weighted by molar-refractivity contribution is 0.0746. The van der Waals surface area contributed by atoms with Gasteiger partial charge in [-0.25, -0.2) is 14.6 Å². The Morgan fingerprint density at radius 2 is 1.76 bits per heavy atom. The van der Waals surface area contributed by atoms with Gasteiger partial charge < -0.3 is 9.80 Å². The quantitative estimate of drug-likeness (QED) is 0.379. The van der Waals surface area contributed by atoms with Crippen LogP contribution in [0.15, 0.2) is 59.1 Å². The summed E-state index contributed by atoms with van der Waals surface area (Å²) in [5.74, 6) is 1.81. The summed E-state index contributed by atoms with van der Waals surface area (Å²) in [6.45, 7) is 6.87. The van der Waals surface area contributed by atoms with E-state index in [0.29, 0.717) is 31.7 Å². The molecule has 0 bridgehead atoms. The Hall–Kier alpha value is -3.26. The molecule has 8 heteroatoms. The number of nitrogens with zero attached hydrogens (tertiary/aromatic N) is 6. The molecule has 0 spiro atoms. The van der Waals surface area contributed by atoms with E-state index in [1.807, 2.05) is 71.1 Å². The van der Waals surface area contributed by atoms with Crippen molar-refractivity contribution in [1.82, 2.24) is 24.6 Å². The standard InChI is InChI=1S/C26H27BrN6O/c1-3-8-22-28-24(23-18(2)30-33(25(23)29-22)21-11-5-4-6-12-21)31-13-15-32(16-14-31)26(34)19-9-7-10-20(27)17-19/h4-7,9-12,17H,3,8,13-16H2,1-2H3. The SMILES string of the molecule is CCCc1nc(N2CCN(C(=O)c3cccc(Br)c3)CC2)c2c(C)nn(-c3ccccc3)c2n1. The minimum atomic E-state index is 0.0635. The van der Waals surface area contributed by atoms with E-state index in [1.165, 1.54) is 0 Å². The van der Waals surface area contributed by atoms with Gasteiger partial charge in [0.2, 0.25) is 0 Å². The van der Waals surface area contributed by atoms with E-state index < -0.39 is 0 Å². The summed E-state index contributed by atoms with van der Waals surface area (Å²) in [7, 11) is 0. The Bertz CT molecular complexity index is 1330. The normalized spacial score (nSPS) is 14.1. The van der Waals surface area contributed by atoms with Crippen LogP contribution in [0.4, 0.5) is 5.82 Å². The van der Waals surface area contributed by atoms with Crippen molar-refractivity contribution in [3.8, 4) is 5.69 Å². The zero-order chi connectivity index (χ0) is 23.7. The molecule has 2 aromatic carbocycles. The Labute approximate surface area is 207 Å². The van der Waals surface area contributed by atoms with Gasteiger partial charge in [0.25, 0.3) is 5.91 Å². The van der Waals surface area contributed by atoms with Crippen LogP contribution in [0, 0.1) is 6.92 Å². The number of hydrogen-bond donors (Lipinski definition) is 0. The van der Waals surface area contributed by atoms with E-state index in [4.69, 9.17) is 15.1 Å². The van der Waals surface area contributed by atoms with Gasteiger partial charge >= 0.3 is 0 Å². The summed E-state index contributed by atoms with van der Waals surface area (Å²) in [5, 5.41) is 5.81. The van der Waals surface area contributed by atoms with Gasteiger partial charge in [-0.2, -0.15) is 5.10 Å². The van der Waals surface area contributed by atoms with Gasteiger partial charge in [0.15, 0.2) is 5.65 Å². The summed E-state index contributed by atoms with van der Waals surface area (Å²) in [4.78, 5) is 27.1. The monoisotopic (exact) mass is 518 g/mol. The molecule has 0 saturated carbocycles. The minimum Gasteiger partial charge on any atom is -0.352 e. The minimum absolute atomic E-state index is 0.0635. The molecule has 0 unspecified atom stereocenters. The second kappa shape index (κ2) is 9.54. The predicted octanol–water partition coefficient (Wildman–Crippen LogP) is 4.80. The largest absolute Gasteiger partial charge is 0.352 e. The molecule has 1 saturated heterocycles. The summed E-state index contributed by atoms with van der Waals surface area (Å²) in [6.07, 6.45) is 1.78. The molecule has 0 atom stereocenters. The Balaban J connectivity index is 1.47. The first-order chi connectivity index (χ1) is 16.5. The molecule has 5 rings (SSSR count). The number of rotatable bonds is 5. The second-order valence-electron chi connectivity index (χ2n) is 8.53. The van der Waals surface area contributed by atoms with Crippen LogP contribution in [-0.4, -0.2) is 56.7 Å². The van der Waals surface area contributed by atoms with Gasteiger partial charge in [0, 0.05) is 42.6 Å². The highest BCUT2D eigenvalue weighted by Gasteiger charge is 2.27. The van der Waals surface area contributed by atoms with Gasteiger partial charge in [-0.3, -0.25) is 4.79 Å². The molecule has 3 heterocycles. The number of hydrogen-bond acceptors (Lipinski definition) is 5. The number of para-hydroxylation sites is 1. The topological polar surface area (TPSA) is 67.2 Å². The van der Waals surface area contributed by atoms with Crippen molar-refractivity contribution in [2.24, 2.45) is 0 Å². The zero-order valence-corrected chi connectivity index (χ0v) is 21.0. The molecule has 0 N–H and O–H groups in total. The first-order valence-electron chi connectivity index (χ1n) is 11.7. The van der Waals surface area contributed by atoms with E-state index in [2.05, 4.69) is 27.8 Å². The molecular weight excluding hydrogens is 492 g/mol. The highest BCUT2D eigenvalue weighted by atomic mass is 79.9. The highest BCUT2D eigenvalue weighted by molar-refractivity contribution is 9.10.